The van der Waals surface area contributed by atoms with Gasteiger partial charge in [0.1, 0.15) is 5.75 Å². The first-order valence-corrected chi connectivity index (χ1v) is 6.19. The largest absolute Gasteiger partial charge is 0.506 e. The summed E-state index contributed by atoms with van der Waals surface area (Å²) in [5, 5.41) is 12.9. The standard InChI is InChI=1S/C11H9ClN2OS/c12-8-5-7(1-2-10(8)15)9-6-16-11-13-3-4-14(9)11/h1-2,5-6,15H,3-4H2. The number of fused-ring (bicyclic) bond motifs is 1. The number of amidine groups is 1. The van der Waals surface area contributed by atoms with Gasteiger partial charge in [-0.15, -0.1) is 0 Å². The quantitative estimate of drug-likeness (QED) is 0.835. The summed E-state index contributed by atoms with van der Waals surface area (Å²) >= 11 is 7.54. The molecule has 0 radical (unpaired) electrons. The average molecular weight is 253 g/mol. The Labute approximate surface area is 102 Å². The smallest absolute Gasteiger partial charge is 0.168 e. The fraction of sp³-hybridized carbons (Fsp3) is 0.182. The Morgan fingerprint density at radius 2 is 2.31 bits per heavy atom. The third kappa shape index (κ3) is 1.49. The van der Waals surface area contributed by atoms with Crippen LogP contribution in [0.4, 0.5) is 0 Å². The van der Waals surface area contributed by atoms with Gasteiger partial charge in [0.25, 0.3) is 0 Å². The van der Waals surface area contributed by atoms with E-state index in [0.717, 1.165) is 29.5 Å². The molecular weight excluding hydrogens is 244 g/mol. The molecule has 16 heavy (non-hydrogen) atoms. The first-order valence-electron chi connectivity index (χ1n) is 4.93. The second-order valence-electron chi connectivity index (χ2n) is 3.60. The van der Waals surface area contributed by atoms with Gasteiger partial charge in [0.2, 0.25) is 0 Å². The first kappa shape index (κ1) is 10.1. The van der Waals surface area contributed by atoms with E-state index in [1.54, 1.807) is 23.9 Å². The molecule has 1 aromatic rings. The summed E-state index contributed by atoms with van der Waals surface area (Å²) in [5.74, 6) is 0.118. The second kappa shape index (κ2) is 3.71. The third-order valence-electron chi connectivity index (χ3n) is 2.61. The minimum absolute atomic E-state index is 0.118. The van der Waals surface area contributed by atoms with Gasteiger partial charge in [-0.05, 0) is 18.2 Å². The fourth-order valence-corrected chi connectivity index (χ4v) is 2.96. The molecule has 3 nitrogen and oxygen atoms in total. The molecule has 0 aliphatic carbocycles. The van der Waals surface area contributed by atoms with Crippen molar-refractivity contribution in [1.82, 2.24) is 4.90 Å². The fourth-order valence-electron chi connectivity index (χ4n) is 1.81. The molecule has 2 heterocycles. The predicted molar refractivity (Wildman–Crippen MR) is 67.7 cm³/mol. The van der Waals surface area contributed by atoms with Gasteiger partial charge in [-0.1, -0.05) is 23.4 Å². The predicted octanol–water partition coefficient (Wildman–Crippen LogP) is 2.76. The van der Waals surface area contributed by atoms with E-state index < -0.39 is 0 Å². The maximum Gasteiger partial charge on any atom is 0.168 e. The van der Waals surface area contributed by atoms with Crippen LogP contribution >= 0.6 is 23.4 Å². The van der Waals surface area contributed by atoms with E-state index in [0.29, 0.717) is 5.02 Å². The van der Waals surface area contributed by atoms with Crippen molar-refractivity contribution >= 4 is 34.2 Å². The zero-order chi connectivity index (χ0) is 11.1. The molecule has 2 aliphatic rings. The van der Waals surface area contributed by atoms with Crippen LogP contribution in [-0.2, 0) is 0 Å². The second-order valence-corrected chi connectivity index (χ2v) is 4.85. The van der Waals surface area contributed by atoms with Crippen LogP contribution in [0.3, 0.4) is 0 Å². The number of rotatable bonds is 1. The van der Waals surface area contributed by atoms with Gasteiger partial charge in [0, 0.05) is 17.5 Å². The molecule has 1 N–H and O–H groups in total. The van der Waals surface area contributed by atoms with Crippen molar-refractivity contribution in [3.05, 3.63) is 34.2 Å². The van der Waals surface area contributed by atoms with Gasteiger partial charge in [-0.25, -0.2) is 0 Å². The first-order chi connectivity index (χ1) is 7.75. The molecule has 0 saturated heterocycles. The van der Waals surface area contributed by atoms with Crippen LogP contribution in [-0.4, -0.2) is 28.3 Å². The Kier molecular flexibility index (Phi) is 2.33. The molecule has 0 fully saturated rings. The van der Waals surface area contributed by atoms with E-state index in [9.17, 15) is 5.11 Å². The van der Waals surface area contributed by atoms with Crippen molar-refractivity contribution in [2.75, 3.05) is 13.1 Å². The molecular formula is C11H9ClN2OS. The van der Waals surface area contributed by atoms with Crippen LogP contribution in [0.1, 0.15) is 5.56 Å². The summed E-state index contributed by atoms with van der Waals surface area (Å²) in [4.78, 5) is 6.56. The molecule has 0 unspecified atom stereocenters. The van der Waals surface area contributed by atoms with Crippen LogP contribution in [0, 0.1) is 0 Å². The highest BCUT2D eigenvalue weighted by Gasteiger charge is 2.27. The zero-order valence-corrected chi connectivity index (χ0v) is 9.92. The maximum absolute atomic E-state index is 9.38. The highest BCUT2D eigenvalue weighted by molar-refractivity contribution is 8.16. The summed E-state index contributed by atoms with van der Waals surface area (Å²) < 4.78 is 0. The van der Waals surface area contributed by atoms with Gasteiger partial charge in [-0.2, -0.15) is 0 Å². The van der Waals surface area contributed by atoms with Crippen molar-refractivity contribution in [2.24, 2.45) is 4.99 Å². The van der Waals surface area contributed by atoms with Gasteiger partial charge < -0.3 is 10.0 Å². The number of hydrogen-bond acceptors (Lipinski definition) is 4. The summed E-state index contributed by atoms with van der Waals surface area (Å²) in [5.41, 5.74) is 2.13. The van der Waals surface area contributed by atoms with Crippen LogP contribution in [0.5, 0.6) is 5.75 Å². The van der Waals surface area contributed by atoms with Gasteiger partial charge in [0.05, 0.1) is 17.3 Å². The lowest BCUT2D eigenvalue weighted by Gasteiger charge is -2.16. The summed E-state index contributed by atoms with van der Waals surface area (Å²) in [7, 11) is 0. The maximum atomic E-state index is 9.38. The Bertz CT molecular complexity index is 513. The van der Waals surface area contributed by atoms with E-state index in [1.807, 2.05) is 6.07 Å². The molecule has 3 rings (SSSR count). The van der Waals surface area contributed by atoms with Crippen LogP contribution in [0.25, 0.3) is 5.70 Å². The molecule has 0 bridgehead atoms. The Morgan fingerprint density at radius 1 is 1.44 bits per heavy atom. The lowest BCUT2D eigenvalue weighted by molar-refractivity contribution is 0.475. The van der Waals surface area contributed by atoms with Crippen molar-refractivity contribution in [3.63, 3.8) is 0 Å². The molecule has 0 aromatic heterocycles. The Morgan fingerprint density at radius 3 is 3.12 bits per heavy atom. The molecule has 0 spiro atoms. The highest BCUT2D eigenvalue weighted by Crippen LogP contribution is 2.37. The Hall–Kier alpha value is -1.13. The summed E-state index contributed by atoms with van der Waals surface area (Å²) in [6.07, 6.45) is 0. The van der Waals surface area contributed by atoms with Crippen LogP contribution in [0.15, 0.2) is 28.6 Å². The minimum atomic E-state index is 0.118. The number of phenols is 1. The SMILES string of the molecule is Oc1ccc(C2=CSC3=NCCN23)cc1Cl. The summed E-state index contributed by atoms with van der Waals surface area (Å²) in [6, 6.07) is 5.27. The minimum Gasteiger partial charge on any atom is -0.506 e. The van der Waals surface area contributed by atoms with E-state index in [1.165, 1.54) is 0 Å². The van der Waals surface area contributed by atoms with Crippen molar-refractivity contribution in [3.8, 4) is 5.75 Å². The highest BCUT2D eigenvalue weighted by atomic mass is 35.5. The number of benzene rings is 1. The topological polar surface area (TPSA) is 35.8 Å². The lowest BCUT2D eigenvalue weighted by Crippen LogP contribution is -2.19. The number of phenolic OH excluding ortho intramolecular Hbond substituents is 1. The number of aromatic hydroxyl groups is 1. The lowest BCUT2D eigenvalue weighted by atomic mass is 10.1. The molecule has 5 heteroatoms. The molecule has 0 saturated carbocycles. The van der Waals surface area contributed by atoms with Gasteiger partial charge >= 0.3 is 0 Å². The van der Waals surface area contributed by atoms with E-state index >= 15 is 0 Å². The molecule has 2 aliphatic heterocycles. The van der Waals surface area contributed by atoms with E-state index in [-0.39, 0.29) is 5.75 Å². The van der Waals surface area contributed by atoms with Crippen LogP contribution in [0.2, 0.25) is 5.02 Å². The molecule has 1 aromatic carbocycles. The molecule has 82 valence electrons. The zero-order valence-electron chi connectivity index (χ0n) is 8.35. The van der Waals surface area contributed by atoms with E-state index in [4.69, 9.17) is 11.6 Å². The van der Waals surface area contributed by atoms with Gasteiger partial charge in [-0.3, -0.25) is 4.99 Å². The normalized spacial score (nSPS) is 18.4. The summed E-state index contributed by atoms with van der Waals surface area (Å²) in [6.45, 7) is 1.78. The monoisotopic (exact) mass is 252 g/mol. The van der Waals surface area contributed by atoms with E-state index in [2.05, 4.69) is 15.3 Å². The van der Waals surface area contributed by atoms with Crippen molar-refractivity contribution in [2.45, 2.75) is 0 Å². The van der Waals surface area contributed by atoms with Crippen molar-refractivity contribution in [1.29, 1.82) is 0 Å². The molecule has 0 amide bonds. The number of aliphatic imine (C=N–C) groups is 1. The number of halogens is 1. The molecule has 0 atom stereocenters. The number of hydrogen-bond donors (Lipinski definition) is 1. The van der Waals surface area contributed by atoms with Crippen LogP contribution < -0.4 is 0 Å². The van der Waals surface area contributed by atoms with Gasteiger partial charge in [0.15, 0.2) is 5.17 Å². The Balaban J connectivity index is 1.99. The average Bonchev–Trinajstić information content (AvgIpc) is 2.83. The third-order valence-corrected chi connectivity index (χ3v) is 3.82. The van der Waals surface area contributed by atoms with Crippen molar-refractivity contribution < 1.29 is 5.11 Å². The number of thioether (sulfide) groups is 1. The number of nitrogens with zero attached hydrogens (tertiary/aromatic N) is 2.